The zero-order valence-electron chi connectivity index (χ0n) is 18.7. The molecule has 3 N–H and O–H groups in total. The van der Waals surface area contributed by atoms with Gasteiger partial charge in [-0.2, -0.15) is 0 Å². The number of amides is 1. The molecular formula is C23H27N3O5S. The first-order valence-corrected chi connectivity index (χ1v) is 10.5. The van der Waals surface area contributed by atoms with E-state index in [2.05, 4.69) is 16.0 Å². The van der Waals surface area contributed by atoms with Crippen LogP contribution in [0.2, 0.25) is 0 Å². The number of carbonyl (C=O) groups excluding carboxylic acids is 1. The summed E-state index contributed by atoms with van der Waals surface area (Å²) in [6, 6.07) is 10.3. The third-order valence-electron chi connectivity index (χ3n) is 4.97. The van der Waals surface area contributed by atoms with Crippen LogP contribution in [0.15, 0.2) is 47.7 Å². The third kappa shape index (κ3) is 4.72. The Morgan fingerprint density at radius 3 is 2.31 bits per heavy atom. The van der Waals surface area contributed by atoms with Gasteiger partial charge in [0.2, 0.25) is 5.75 Å². The molecule has 2 aromatic rings. The summed E-state index contributed by atoms with van der Waals surface area (Å²) in [6.07, 6.45) is 0. The van der Waals surface area contributed by atoms with Crippen LogP contribution in [0.1, 0.15) is 25.5 Å². The number of rotatable bonds is 8. The van der Waals surface area contributed by atoms with Gasteiger partial charge in [0, 0.05) is 5.70 Å². The standard InChI is InChI=1S/C23H27N3O5S/c1-6-31-16-10-8-7-9-15(16)25-22(27)19-13(2)24-23(32)26-20(19)14-11-17(28-3)21(30-5)18(12-14)29-4/h7-12,20H,6H2,1-5H3,(H,25,27)(H2,24,26,32). The quantitative estimate of drug-likeness (QED) is 0.519. The van der Waals surface area contributed by atoms with Gasteiger partial charge in [-0.3, -0.25) is 4.79 Å². The lowest BCUT2D eigenvalue weighted by molar-refractivity contribution is -0.113. The van der Waals surface area contributed by atoms with Gasteiger partial charge in [0.15, 0.2) is 16.6 Å². The smallest absolute Gasteiger partial charge is 0.255 e. The maximum Gasteiger partial charge on any atom is 0.255 e. The Bertz CT molecular complexity index is 1030. The van der Waals surface area contributed by atoms with Crippen molar-refractivity contribution in [2.75, 3.05) is 33.3 Å². The van der Waals surface area contributed by atoms with E-state index in [-0.39, 0.29) is 5.91 Å². The first-order valence-electron chi connectivity index (χ1n) is 10.0. The van der Waals surface area contributed by atoms with Crippen LogP contribution in [0.5, 0.6) is 23.0 Å². The van der Waals surface area contributed by atoms with Gasteiger partial charge in [-0.1, -0.05) is 12.1 Å². The number of hydrogen-bond acceptors (Lipinski definition) is 6. The number of thiocarbonyl (C=S) groups is 1. The molecule has 0 saturated heterocycles. The summed E-state index contributed by atoms with van der Waals surface area (Å²) in [6.45, 7) is 4.18. The van der Waals surface area contributed by atoms with Gasteiger partial charge in [-0.15, -0.1) is 0 Å². The highest BCUT2D eigenvalue weighted by molar-refractivity contribution is 7.80. The molecule has 0 fully saturated rings. The predicted molar refractivity (Wildman–Crippen MR) is 127 cm³/mol. The van der Waals surface area contributed by atoms with Crippen LogP contribution in [0, 0.1) is 0 Å². The van der Waals surface area contributed by atoms with Crippen molar-refractivity contribution in [1.82, 2.24) is 10.6 Å². The van der Waals surface area contributed by atoms with E-state index in [4.69, 9.17) is 31.2 Å². The Labute approximate surface area is 192 Å². The topological polar surface area (TPSA) is 90.1 Å². The van der Waals surface area contributed by atoms with Crippen molar-refractivity contribution in [3.63, 3.8) is 0 Å². The first kappa shape index (κ1) is 23.2. The van der Waals surface area contributed by atoms with Crippen LogP contribution in [0.25, 0.3) is 0 Å². The number of anilines is 1. The fourth-order valence-electron chi connectivity index (χ4n) is 3.55. The van der Waals surface area contributed by atoms with Crippen LogP contribution in [-0.4, -0.2) is 39.0 Å². The number of benzene rings is 2. The second-order valence-electron chi connectivity index (χ2n) is 6.91. The summed E-state index contributed by atoms with van der Waals surface area (Å²) in [5, 5.41) is 9.58. The lowest BCUT2D eigenvalue weighted by Crippen LogP contribution is -2.45. The molecule has 1 heterocycles. The zero-order chi connectivity index (χ0) is 23.3. The molecule has 1 aliphatic rings. The number of para-hydroxylation sites is 2. The highest BCUT2D eigenvalue weighted by Gasteiger charge is 2.32. The van der Waals surface area contributed by atoms with E-state index in [1.807, 2.05) is 32.0 Å². The van der Waals surface area contributed by atoms with E-state index in [9.17, 15) is 4.79 Å². The minimum absolute atomic E-state index is 0.295. The Morgan fingerprint density at radius 1 is 1.06 bits per heavy atom. The molecule has 170 valence electrons. The zero-order valence-corrected chi connectivity index (χ0v) is 19.5. The Morgan fingerprint density at radius 2 is 1.72 bits per heavy atom. The van der Waals surface area contributed by atoms with Gasteiger partial charge >= 0.3 is 0 Å². The second kappa shape index (κ2) is 10.2. The van der Waals surface area contributed by atoms with Gasteiger partial charge in [0.1, 0.15) is 5.75 Å². The van der Waals surface area contributed by atoms with Crippen molar-refractivity contribution in [2.24, 2.45) is 0 Å². The number of hydrogen-bond donors (Lipinski definition) is 3. The molecule has 0 saturated carbocycles. The number of ether oxygens (including phenoxy) is 4. The minimum atomic E-state index is -0.545. The average molecular weight is 458 g/mol. The van der Waals surface area contributed by atoms with Gasteiger partial charge in [-0.05, 0) is 55.9 Å². The minimum Gasteiger partial charge on any atom is -0.493 e. The first-order chi connectivity index (χ1) is 15.4. The van der Waals surface area contributed by atoms with Crippen molar-refractivity contribution in [3.8, 4) is 23.0 Å². The van der Waals surface area contributed by atoms with E-state index >= 15 is 0 Å². The van der Waals surface area contributed by atoms with Crippen LogP contribution >= 0.6 is 12.2 Å². The van der Waals surface area contributed by atoms with Crippen molar-refractivity contribution in [2.45, 2.75) is 19.9 Å². The summed E-state index contributed by atoms with van der Waals surface area (Å²) < 4.78 is 22.0. The Balaban J connectivity index is 2.04. The van der Waals surface area contributed by atoms with Crippen LogP contribution < -0.4 is 34.9 Å². The van der Waals surface area contributed by atoms with Crippen molar-refractivity contribution < 1.29 is 23.7 Å². The largest absolute Gasteiger partial charge is 0.493 e. The van der Waals surface area contributed by atoms with E-state index in [1.165, 1.54) is 7.11 Å². The summed E-state index contributed by atoms with van der Waals surface area (Å²) >= 11 is 5.36. The Kier molecular flexibility index (Phi) is 7.42. The molecule has 0 spiro atoms. The normalized spacial score (nSPS) is 15.4. The van der Waals surface area contributed by atoms with Crippen molar-refractivity contribution >= 4 is 28.9 Å². The Hall–Kier alpha value is -3.46. The van der Waals surface area contributed by atoms with E-state index in [0.717, 1.165) is 5.56 Å². The van der Waals surface area contributed by atoms with E-state index < -0.39 is 6.04 Å². The molecule has 2 aromatic carbocycles. The molecule has 8 nitrogen and oxygen atoms in total. The molecular weight excluding hydrogens is 430 g/mol. The fraction of sp³-hybridized carbons (Fsp3) is 0.304. The summed E-state index contributed by atoms with van der Waals surface area (Å²) in [7, 11) is 4.62. The van der Waals surface area contributed by atoms with Crippen LogP contribution in [0.3, 0.4) is 0 Å². The number of methoxy groups -OCH3 is 3. The predicted octanol–water partition coefficient (Wildman–Crippen LogP) is 3.54. The molecule has 0 aliphatic carbocycles. The van der Waals surface area contributed by atoms with Crippen LogP contribution in [0.4, 0.5) is 5.69 Å². The molecule has 32 heavy (non-hydrogen) atoms. The number of allylic oxidation sites excluding steroid dienone is 1. The molecule has 1 atom stereocenters. The van der Waals surface area contributed by atoms with E-state index in [0.29, 0.717) is 51.7 Å². The maximum atomic E-state index is 13.4. The highest BCUT2D eigenvalue weighted by atomic mass is 32.1. The molecule has 3 rings (SSSR count). The average Bonchev–Trinajstić information content (AvgIpc) is 2.78. The van der Waals surface area contributed by atoms with Gasteiger partial charge in [0.25, 0.3) is 5.91 Å². The fourth-order valence-corrected chi connectivity index (χ4v) is 3.82. The monoisotopic (exact) mass is 457 g/mol. The maximum absolute atomic E-state index is 13.4. The second-order valence-corrected chi connectivity index (χ2v) is 7.32. The van der Waals surface area contributed by atoms with Gasteiger partial charge in [0.05, 0.1) is 45.2 Å². The molecule has 1 amide bonds. The lowest BCUT2D eigenvalue weighted by atomic mass is 9.94. The summed E-state index contributed by atoms with van der Waals surface area (Å²) in [5.41, 5.74) is 2.42. The van der Waals surface area contributed by atoms with Gasteiger partial charge < -0.3 is 34.9 Å². The van der Waals surface area contributed by atoms with E-state index in [1.54, 1.807) is 32.4 Å². The van der Waals surface area contributed by atoms with Crippen LogP contribution in [-0.2, 0) is 4.79 Å². The molecule has 9 heteroatoms. The third-order valence-corrected chi connectivity index (χ3v) is 5.19. The number of nitrogens with one attached hydrogen (secondary N) is 3. The van der Waals surface area contributed by atoms with Gasteiger partial charge in [-0.25, -0.2) is 0 Å². The highest BCUT2D eigenvalue weighted by Crippen LogP contribution is 2.41. The van der Waals surface area contributed by atoms with Crippen molar-refractivity contribution in [1.29, 1.82) is 0 Å². The molecule has 0 bridgehead atoms. The molecule has 1 aliphatic heterocycles. The lowest BCUT2D eigenvalue weighted by Gasteiger charge is -2.31. The molecule has 1 unspecified atom stereocenters. The SMILES string of the molecule is CCOc1ccccc1NC(=O)C1=C(C)NC(=S)NC1c1cc(OC)c(OC)c(OC)c1. The molecule has 0 aromatic heterocycles. The van der Waals surface area contributed by atoms with Crippen molar-refractivity contribution in [3.05, 3.63) is 53.2 Å². The summed E-state index contributed by atoms with van der Waals surface area (Å²) in [4.78, 5) is 13.4. The molecule has 0 radical (unpaired) electrons. The summed E-state index contributed by atoms with van der Waals surface area (Å²) in [5.74, 6) is 1.72. The number of carbonyl (C=O) groups is 1.